The minimum atomic E-state index is -1.54. The first-order valence-electron chi connectivity index (χ1n) is 12.4. The quantitative estimate of drug-likeness (QED) is 0.393. The van der Waals surface area contributed by atoms with Crippen molar-refractivity contribution in [2.45, 2.75) is 90.8 Å². The van der Waals surface area contributed by atoms with Crippen LogP contribution in [0.25, 0.3) is 0 Å². The standard InChI is InChI=1S/C21H30O5.C3H6O2.C2H4O2/c1-19-7-5-13(23)9-12(19)3-4-14-15-6-8-21(26,17(25)11-22)20(15,2)10-16(24)18(14)19;1-2-3(4)5;1-2(3)4/h9,14-16,18,22,24,26H,3-8,10-11H2,1-2H3;2H2,1H3,(H,4,5);1H3,(H,3,4)/t14-,15-,16-,18+,19-,20-,21-;;/m0../s1. The number of ketones is 2. The number of hydrogen-bond donors (Lipinski definition) is 5. The summed E-state index contributed by atoms with van der Waals surface area (Å²) in [6.07, 6.45) is 5.96. The predicted molar refractivity (Wildman–Crippen MR) is 126 cm³/mol. The van der Waals surface area contributed by atoms with Crippen molar-refractivity contribution in [3.05, 3.63) is 11.6 Å². The van der Waals surface area contributed by atoms with E-state index in [4.69, 9.17) is 15.0 Å². The zero-order valence-corrected chi connectivity index (χ0v) is 21.1. The lowest BCUT2D eigenvalue weighted by atomic mass is 9.45. The van der Waals surface area contributed by atoms with Gasteiger partial charge < -0.3 is 25.5 Å². The van der Waals surface area contributed by atoms with E-state index in [1.807, 2.05) is 6.92 Å². The number of aliphatic hydroxyl groups excluding tert-OH is 2. The topological polar surface area (TPSA) is 169 Å². The normalized spacial score (nSPS) is 39.3. The van der Waals surface area contributed by atoms with Crippen molar-refractivity contribution < 1.29 is 44.7 Å². The number of Topliss-reactive ketones (excluding diaryl/α,β-unsaturated/α-hetero) is 1. The van der Waals surface area contributed by atoms with Crippen LogP contribution in [-0.2, 0) is 19.2 Å². The zero-order valence-electron chi connectivity index (χ0n) is 21.1. The summed E-state index contributed by atoms with van der Waals surface area (Å²) in [7, 11) is 0. The molecule has 0 heterocycles. The second kappa shape index (κ2) is 10.9. The Kier molecular flexibility index (Phi) is 9.06. The van der Waals surface area contributed by atoms with Gasteiger partial charge in [0.05, 0.1) is 6.10 Å². The molecule has 4 rings (SSSR count). The summed E-state index contributed by atoms with van der Waals surface area (Å²) in [6.45, 7) is 6.14. The van der Waals surface area contributed by atoms with Crippen LogP contribution in [0.3, 0.4) is 0 Å². The third-order valence-electron chi connectivity index (χ3n) is 8.96. The van der Waals surface area contributed by atoms with Gasteiger partial charge in [0.1, 0.15) is 12.2 Å². The summed E-state index contributed by atoms with van der Waals surface area (Å²) in [6, 6.07) is 0. The Balaban J connectivity index is 0.000000414. The fraction of sp³-hybridized carbons (Fsp3) is 0.769. The number of aliphatic hydroxyl groups is 3. The molecule has 3 fully saturated rings. The van der Waals surface area contributed by atoms with Gasteiger partial charge in [-0.1, -0.05) is 26.3 Å². The highest BCUT2D eigenvalue weighted by Gasteiger charge is 2.68. The molecule has 9 heteroatoms. The third-order valence-corrected chi connectivity index (χ3v) is 8.96. The Morgan fingerprint density at radius 1 is 1.09 bits per heavy atom. The lowest BCUT2D eigenvalue weighted by Crippen LogP contribution is -2.62. The van der Waals surface area contributed by atoms with Crippen LogP contribution in [0, 0.1) is 28.6 Å². The highest BCUT2D eigenvalue weighted by atomic mass is 16.4. The molecule has 0 saturated heterocycles. The van der Waals surface area contributed by atoms with Crippen molar-refractivity contribution in [1.29, 1.82) is 0 Å². The maximum absolute atomic E-state index is 12.4. The Hall–Kier alpha value is -2.10. The molecule has 9 nitrogen and oxygen atoms in total. The summed E-state index contributed by atoms with van der Waals surface area (Å²) in [5, 5.41) is 46.9. The Morgan fingerprint density at radius 2 is 1.66 bits per heavy atom. The highest BCUT2D eigenvalue weighted by Crippen LogP contribution is 2.67. The van der Waals surface area contributed by atoms with Gasteiger partial charge in [0, 0.05) is 25.2 Å². The molecule has 3 saturated carbocycles. The Labute approximate surface area is 206 Å². The number of carboxylic acid groups (broad SMARTS) is 2. The monoisotopic (exact) mass is 496 g/mol. The lowest BCUT2D eigenvalue weighted by molar-refractivity contribution is -0.182. The average Bonchev–Trinajstić information content (AvgIpc) is 3.04. The van der Waals surface area contributed by atoms with Crippen LogP contribution < -0.4 is 0 Å². The summed E-state index contributed by atoms with van der Waals surface area (Å²) in [5.41, 5.74) is -1.23. The summed E-state index contributed by atoms with van der Waals surface area (Å²) in [4.78, 5) is 42.6. The van der Waals surface area contributed by atoms with Gasteiger partial charge in [-0.05, 0) is 67.8 Å². The van der Waals surface area contributed by atoms with E-state index < -0.39 is 41.4 Å². The number of hydrogen-bond acceptors (Lipinski definition) is 7. The average molecular weight is 497 g/mol. The van der Waals surface area contributed by atoms with Crippen molar-refractivity contribution in [3.8, 4) is 0 Å². The smallest absolute Gasteiger partial charge is 0.303 e. The molecule has 5 N–H and O–H groups in total. The molecule has 4 aliphatic rings. The number of carboxylic acids is 2. The fourth-order valence-electron chi connectivity index (χ4n) is 7.28. The minimum absolute atomic E-state index is 0.0697. The summed E-state index contributed by atoms with van der Waals surface area (Å²) < 4.78 is 0. The van der Waals surface area contributed by atoms with E-state index in [2.05, 4.69) is 6.92 Å². The van der Waals surface area contributed by atoms with E-state index in [0.29, 0.717) is 19.3 Å². The number of allylic oxidation sites excluding steroid dienone is 1. The second-order valence-corrected chi connectivity index (χ2v) is 10.8. The highest BCUT2D eigenvalue weighted by molar-refractivity contribution is 5.91. The molecule has 0 aromatic rings. The Morgan fingerprint density at radius 3 is 2.17 bits per heavy atom. The lowest BCUT2D eigenvalue weighted by Gasteiger charge is -2.60. The molecule has 0 amide bonds. The van der Waals surface area contributed by atoms with Gasteiger partial charge in [-0.3, -0.25) is 19.2 Å². The molecule has 4 aliphatic carbocycles. The second-order valence-electron chi connectivity index (χ2n) is 10.8. The molecule has 0 bridgehead atoms. The van der Waals surface area contributed by atoms with Crippen molar-refractivity contribution in [3.63, 3.8) is 0 Å². The molecule has 35 heavy (non-hydrogen) atoms. The van der Waals surface area contributed by atoms with Gasteiger partial charge >= 0.3 is 5.97 Å². The number of carbonyl (C=O) groups is 4. The van der Waals surface area contributed by atoms with E-state index in [-0.39, 0.29) is 35.4 Å². The molecule has 0 aromatic heterocycles. The number of aliphatic carboxylic acids is 2. The minimum Gasteiger partial charge on any atom is -0.481 e. The molecule has 0 aliphatic heterocycles. The van der Waals surface area contributed by atoms with Crippen LogP contribution in [0.2, 0.25) is 0 Å². The van der Waals surface area contributed by atoms with E-state index in [9.17, 15) is 29.7 Å². The summed E-state index contributed by atoms with van der Waals surface area (Å²) in [5.74, 6) is -1.44. The van der Waals surface area contributed by atoms with E-state index in [0.717, 1.165) is 32.6 Å². The van der Waals surface area contributed by atoms with Gasteiger partial charge in [0.2, 0.25) is 0 Å². The SMILES string of the molecule is CC(=O)O.CCC(=O)O.C[C@]12CCC(=O)C=C1CC[C@@H]1[C@@H]2[C@@H](O)C[C@@]2(C)[C@H]1CC[C@]2(O)C(=O)CO. The molecule has 7 atom stereocenters. The largest absolute Gasteiger partial charge is 0.481 e. The maximum atomic E-state index is 12.4. The molecule has 0 radical (unpaired) electrons. The molecule has 0 unspecified atom stereocenters. The van der Waals surface area contributed by atoms with Gasteiger partial charge in [-0.25, -0.2) is 0 Å². The van der Waals surface area contributed by atoms with Crippen LogP contribution in [0.15, 0.2) is 11.6 Å². The fourth-order valence-corrected chi connectivity index (χ4v) is 7.28. The van der Waals surface area contributed by atoms with Gasteiger partial charge in [0.15, 0.2) is 11.6 Å². The van der Waals surface area contributed by atoms with E-state index in [1.165, 1.54) is 5.57 Å². The molecule has 0 spiro atoms. The van der Waals surface area contributed by atoms with E-state index in [1.54, 1.807) is 13.0 Å². The number of rotatable bonds is 3. The van der Waals surface area contributed by atoms with Gasteiger partial charge in [0.25, 0.3) is 5.97 Å². The van der Waals surface area contributed by atoms with Crippen LogP contribution in [-0.4, -0.2) is 67.3 Å². The summed E-state index contributed by atoms with van der Waals surface area (Å²) >= 11 is 0. The van der Waals surface area contributed by atoms with Crippen LogP contribution in [0.5, 0.6) is 0 Å². The predicted octanol–water partition coefficient (Wildman–Crippen LogP) is 2.35. The van der Waals surface area contributed by atoms with Crippen molar-refractivity contribution >= 4 is 23.5 Å². The van der Waals surface area contributed by atoms with Gasteiger partial charge in [-0.15, -0.1) is 0 Å². The third kappa shape index (κ3) is 5.37. The molecular formula is C26H40O9. The first kappa shape index (κ1) is 29.1. The van der Waals surface area contributed by atoms with Crippen molar-refractivity contribution in [1.82, 2.24) is 0 Å². The van der Waals surface area contributed by atoms with Crippen LogP contribution in [0.4, 0.5) is 0 Å². The van der Waals surface area contributed by atoms with E-state index >= 15 is 0 Å². The first-order chi connectivity index (χ1) is 16.2. The van der Waals surface area contributed by atoms with Crippen molar-refractivity contribution in [2.24, 2.45) is 28.6 Å². The van der Waals surface area contributed by atoms with Crippen LogP contribution >= 0.6 is 0 Å². The molecular weight excluding hydrogens is 456 g/mol. The van der Waals surface area contributed by atoms with Gasteiger partial charge in [-0.2, -0.15) is 0 Å². The maximum Gasteiger partial charge on any atom is 0.303 e. The zero-order chi connectivity index (χ0) is 26.8. The van der Waals surface area contributed by atoms with Crippen molar-refractivity contribution in [2.75, 3.05) is 6.61 Å². The molecule has 0 aromatic carbocycles. The molecule has 198 valence electrons. The Bertz CT molecular complexity index is 876. The van der Waals surface area contributed by atoms with Crippen LogP contribution in [0.1, 0.15) is 79.1 Å². The number of fused-ring (bicyclic) bond motifs is 5. The number of carbonyl (C=O) groups excluding carboxylic acids is 2. The first-order valence-corrected chi connectivity index (χ1v) is 12.4.